The monoisotopic (exact) mass is 344 g/mol. The lowest BCUT2D eigenvalue weighted by Crippen LogP contribution is -2.44. The minimum atomic E-state index is -0.862. The topological polar surface area (TPSA) is 88.1 Å². The van der Waals surface area contributed by atoms with Gasteiger partial charge in [-0.2, -0.15) is 0 Å². The molecule has 2 aliphatic heterocycles. The quantitative estimate of drug-likeness (QED) is 0.751. The van der Waals surface area contributed by atoms with Gasteiger partial charge in [-0.15, -0.1) is 0 Å². The number of hydrogen-bond acceptors (Lipinski definition) is 7. The maximum Gasteiger partial charge on any atom is 0.309 e. The van der Waals surface area contributed by atoms with Crippen LogP contribution in [0.1, 0.15) is 34.1 Å². The lowest BCUT2D eigenvalue weighted by atomic mass is 9.77. The van der Waals surface area contributed by atoms with Crippen molar-refractivity contribution in [1.29, 1.82) is 0 Å². The summed E-state index contributed by atoms with van der Waals surface area (Å²) in [6.45, 7) is 1.70. The van der Waals surface area contributed by atoms with Crippen molar-refractivity contribution in [3.63, 3.8) is 0 Å². The Kier molecular flexibility index (Phi) is 3.43. The van der Waals surface area contributed by atoms with Crippen LogP contribution in [-0.2, 0) is 14.3 Å². The molecule has 0 bridgehead atoms. The van der Waals surface area contributed by atoms with E-state index in [4.69, 9.17) is 18.9 Å². The average Bonchev–Trinajstić information content (AvgIpc) is 2.96. The van der Waals surface area contributed by atoms with E-state index in [2.05, 4.69) is 0 Å². The second kappa shape index (κ2) is 5.42. The van der Waals surface area contributed by atoms with Gasteiger partial charge in [0.15, 0.2) is 29.2 Å². The number of ether oxygens (including phenoxy) is 4. The second-order valence-corrected chi connectivity index (χ2v) is 6.14. The number of fused-ring (bicyclic) bond motifs is 3. The van der Waals surface area contributed by atoms with Gasteiger partial charge in [-0.05, 0) is 19.1 Å². The predicted octanol–water partition coefficient (Wildman–Crippen LogP) is 1.48. The van der Waals surface area contributed by atoms with Crippen molar-refractivity contribution < 1.29 is 33.3 Å². The Bertz CT molecular complexity index is 851. The minimum Gasteiger partial charge on any atom is -0.493 e. The fourth-order valence-corrected chi connectivity index (χ4v) is 3.78. The van der Waals surface area contributed by atoms with Crippen LogP contribution in [-0.4, -0.2) is 50.1 Å². The molecule has 7 nitrogen and oxygen atoms in total. The molecular formula is C18H16O7. The van der Waals surface area contributed by atoms with E-state index in [1.165, 1.54) is 14.2 Å². The largest absolute Gasteiger partial charge is 0.493 e. The summed E-state index contributed by atoms with van der Waals surface area (Å²) in [6.07, 6.45) is -1.95. The third-order valence-electron chi connectivity index (χ3n) is 4.83. The Morgan fingerprint density at radius 2 is 1.80 bits per heavy atom. The van der Waals surface area contributed by atoms with Crippen molar-refractivity contribution >= 4 is 17.5 Å². The fourth-order valence-electron chi connectivity index (χ4n) is 3.78. The van der Waals surface area contributed by atoms with Crippen molar-refractivity contribution in [2.45, 2.75) is 31.7 Å². The predicted molar refractivity (Wildman–Crippen MR) is 84.1 cm³/mol. The van der Waals surface area contributed by atoms with E-state index in [-0.39, 0.29) is 46.0 Å². The number of carbonyl (C=O) groups excluding carboxylic acids is 3. The molecule has 25 heavy (non-hydrogen) atoms. The summed E-state index contributed by atoms with van der Waals surface area (Å²) < 4.78 is 21.6. The van der Waals surface area contributed by atoms with Crippen LogP contribution >= 0.6 is 0 Å². The third-order valence-corrected chi connectivity index (χ3v) is 4.83. The summed E-state index contributed by atoms with van der Waals surface area (Å²) in [7, 11) is 2.86. The summed E-state index contributed by atoms with van der Waals surface area (Å²) in [5.74, 6) is -0.601. The summed E-state index contributed by atoms with van der Waals surface area (Å²) in [6, 6.07) is 3.13. The van der Waals surface area contributed by atoms with Crippen LogP contribution in [0, 0.1) is 0 Å². The Morgan fingerprint density at radius 1 is 1.04 bits per heavy atom. The molecule has 0 saturated carbocycles. The van der Waals surface area contributed by atoms with Crippen LogP contribution in [0.5, 0.6) is 11.5 Å². The van der Waals surface area contributed by atoms with Gasteiger partial charge in [-0.25, -0.2) is 0 Å². The van der Waals surface area contributed by atoms with Crippen LogP contribution in [0.2, 0.25) is 0 Å². The molecule has 1 aliphatic carbocycles. The first-order valence-corrected chi connectivity index (χ1v) is 7.91. The molecule has 1 fully saturated rings. The molecule has 0 spiro atoms. The number of benzene rings is 1. The number of rotatable bonds is 2. The standard InChI is InChI=1S/C18H16O7/c1-7-12-14(18-10(24-7)6-11(19)25-18)16(21)13-8(15(12)20)4-5-9(22-2)17(13)23-3/h4-5,7,10,18H,6H2,1-3H3/t7-,10-,18+/m0/s1. The number of hydrogen-bond donors (Lipinski definition) is 0. The highest BCUT2D eigenvalue weighted by molar-refractivity contribution is 6.29. The SMILES string of the molecule is COc1ccc2c(c1OC)C(=O)C1=C(C2=O)[C@H](C)O[C@H]2CC(=O)O[C@@H]12. The zero-order valence-electron chi connectivity index (χ0n) is 14.0. The van der Waals surface area contributed by atoms with Gasteiger partial charge in [-0.3, -0.25) is 14.4 Å². The van der Waals surface area contributed by atoms with Gasteiger partial charge in [0.1, 0.15) is 6.10 Å². The van der Waals surface area contributed by atoms with Crippen molar-refractivity contribution in [1.82, 2.24) is 0 Å². The molecule has 1 aromatic rings. The molecule has 1 aromatic carbocycles. The first kappa shape index (κ1) is 15.8. The molecule has 0 amide bonds. The smallest absolute Gasteiger partial charge is 0.309 e. The van der Waals surface area contributed by atoms with Crippen LogP contribution in [0.3, 0.4) is 0 Å². The molecule has 7 heteroatoms. The molecule has 0 N–H and O–H groups in total. The van der Waals surface area contributed by atoms with Crippen LogP contribution in [0.4, 0.5) is 0 Å². The number of carbonyl (C=O) groups is 3. The van der Waals surface area contributed by atoms with Gasteiger partial charge in [-0.1, -0.05) is 0 Å². The zero-order chi connectivity index (χ0) is 17.9. The fraction of sp³-hybridized carbons (Fsp3) is 0.389. The Morgan fingerprint density at radius 3 is 2.48 bits per heavy atom. The first-order chi connectivity index (χ1) is 12.0. The Labute approximate surface area is 143 Å². The normalized spacial score (nSPS) is 27.5. The molecule has 0 aromatic heterocycles. The third kappa shape index (κ3) is 2.05. The van der Waals surface area contributed by atoms with E-state index in [0.29, 0.717) is 5.75 Å². The number of Topliss-reactive ketones (excluding diaryl/α,β-unsaturated/α-hetero) is 2. The van der Waals surface area contributed by atoms with Crippen molar-refractivity contribution in [3.8, 4) is 11.5 Å². The number of esters is 1. The Hall–Kier alpha value is -2.67. The molecule has 130 valence electrons. The van der Waals surface area contributed by atoms with Crippen LogP contribution in [0.15, 0.2) is 23.3 Å². The highest BCUT2D eigenvalue weighted by atomic mass is 16.6. The van der Waals surface area contributed by atoms with E-state index < -0.39 is 24.3 Å². The molecular weight excluding hydrogens is 328 g/mol. The maximum absolute atomic E-state index is 13.2. The van der Waals surface area contributed by atoms with E-state index in [0.717, 1.165) is 0 Å². The summed E-state index contributed by atoms with van der Waals surface area (Å²) >= 11 is 0. The van der Waals surface area contributed by atoms with Gasteiger partial charge < -0.3 is 18.9 Å². The van der Waals surface area contributed by atoms with Crippen LogP contribution in [0.25, 0.3) is 0 Å². The molecule has 0 unspecified atom stereocenters. The summed E-state index contributed by atoms with van der Waals surface area (Å²) in [4.78, 5) is 37.9. The maximum atomic E-state index is 13.2. The van der Waals surface area contributed by atoms with Gasteiger partial charge >= 0.3 is 5.97 Å². The van der Waals surface area contributed by atoms with Crippen LogP contribution < -0.4 is 9.47 Å². The molecule has 4 rings (SSSR count). The summed E-state index contributed by atoms with van der Waals surface area (Å²) in [5, 5.41) is 0. The molecule has 3 aliphatic rings. The van der Waals surface area contributed by atoms with Gasteiger partial charge in [0.05, 0.1) is 37.9 Å². The zero-order valence-corrected chi connectivity index (χ0v) is 14.0. The van der Waals surface area contributed by atoms with E-state index in [9.17, 15) is 14.4 Å². The Balaban J connectivity index is 1.95. The van der Waals surface area contributed by atoms with Crippen molar-refractivity contribution in [2.24, 2.45) is 0 Å². The molecule has 3 atom stereocenters. The molecule has 0 radical (unpaired) electrons. The summed E-state index contributed by atoms with van der Waals surface area (Å²) in [5.41, 5.74) is 0.820. The van der Waals surface area contributed by atoms with Crippen molar-refractivity contribution in [3.05, 3.63) is 34.4 Å². The lowest BCUT2D eigenvalue weighted by Gasteiger charge is -2.35. The second-order valence-electron chi connectivity index (χ2n) is 6.14. The number of methoxy groups -OCH3 is 2. The van der Waals surface area contributed by atoms with Gasteiger partial charge in [0.25, 0.3) is 0 Å². The van der Waals surface area contributed by atoms with Gasteiger partial charge in [0, 0.05) is 11.1 Å². The minimum absolute atomic E-state index is 0.0648. The van der Waals surface area contributed by atoms with Crippen molar-refractivity contribution in [2.75, 3.05) is 14.2 Å². The van der Waals surface area contributed by atoms with E-state index >= 15 is 0 Å². The average molecular weight is 344 g/mol. The van der Waals surface area contributed by atoms with E-state index in [1.807, 2.05) is 0 Å². The van der Waals surface area contributed by atoms with Gasteiger partial charge in [0.2, 0.25) is 0 Å². The lowest BCUT2D eigenvalue weighted by molar-refractivity contribution is -0.140. The highest BCUT2D eigenvalue weighted by Gasteiger charge is 2.51. The highest BCUT2D eigenvalue weighted by Crippen LogP contribution is 2.44. The van der Waals surface area contributed by atoms with E-state index in [1.54, 1.807) is 19.1 Å². The molecule has 1 saturated heterocycles. The molecule has 2 heterocycles. The number of ketones is 2. The first-order valence-electron chi connectivity index (χ1n) is 7.91.